The van der Waals surface area contributed by atoms with Gasteiger partial charge in [-0.25, -0.2) is 0 Å². The quantitative estimate of drug-likeness (QED) is 0.400. The standard InChI is InChI=1S/C27H38N2O5/c1-5-7-9-22(6-2)27(31)29(15-20(3)4)18-26(30)28(17-23-10-8-13-32-23)16-21-11-12-24-25(14-21)34-19-33-24/h8,10-14,20,22H,5-7,9,15-19H2,1-4H3. The molecule has 1 aromatic carbocycles. The molecule has 0 fully saturated rings. The van der Waals surface area contributed by atoms with Gasteiger partial charge < -0.3 is 23.7 Å². The smallest absolute Gasteiger partial charge is 0.242 e. The van der Waals surface area contributed by atoms with Crippen LogP contribution in [-0.4, -0.2) is 41.5 Å². The number of ether oxygens (including phenoxy) is 2. The summed E-state index contributed by atoms with van der Waals surface area (Å²) in [7, 11) is 0. The van der Waals surface area contributed by atoms with Crippen molar-refractivity contribution >= 4 is 11.8 Å². The average molecular weight is 471 g/mol. The predicted molar refractivity (Wildman–Crippen MR) is 130 cm³/mol. The van der Waals surface area contributed by atoms with E-state index < -0.39 is 0 Å². The second kappa shape index (κ2) is 12.5. The van der Waals surface area contributed by atoms with Crippen LogP contribution in [0.5, 0.6) is 11.5 Å². The lowest BCUT2D eigenvalue weighted by Gasteiger charge is -2.31. The van der Waals surface area contributed by atoms with Crippen molar-refractivity contribution in [1.29, 1.82) is 0 Å². The third-order valence-electron chi connectivity index (χ3n) is 6.06. The summed E-state index contributed by atoms with van der Waals surface area (Å²) in [6, 6.07) is 9.37. The van der Waals surface area contributed by atoms with E-state index in [1.165, 1.54) is 0 Å². The number of benzene rings is 1. The minimum atomic E-state index is -0.103. The van der Waals surface area contributed by atoms with Gasteiger partial charge in [-0.1, -0.05) is 46.6 Å². The van der Waals surface area contributed by atoms with Crippen molar-refractivity contribution in [2.24, 2.45) is 11.8 Å². The number of hydrogen-bond acceptors (Lipinski definition) is 5. The maximum absolute atomic E-state index is 13.6. The number of unbranched alkanes of at least 4 members (excludes halogenated alkanes) is 1. The molecule has 7 nitrogen and oxygen atoms in total. The first kappa shape index (κ1) is 25.7. The van der Waals surface area contributed by atoms with Gasteiger partial charge in [0.05, 0.1) is 19.4 Å². The molecule has 0 radical (unpaired) electrons. The van der Waals surface area contributed by atoms with Gasteiger partial charge in [-0.15, -0.1) is 0 Å². The zero-order valence-electron chi connectivity index (χ0n) is 20.9. The summed E-state index contributed by atoms with van der Waals surface area (Å²) in [6.07, 6.45) is 5.32. The summed E-state index contributed by atoms with van der Waals surface area (Å²) in [5.74, 6) is 2.30. The van der Waals surface area contributed by atoms with Crippen molar-refractivity contribution in [1.82, 2.24) is 9.80 Å². The number of fused-ring (bicyclic) bond motifs is 1. The van der Waals surface area contributed by atoms with E-state index in [0.29, 0.717) is 36.9 Å². The Labute approximate surface area is 203 Å². The molecule has 0 saturated heterocycles. The molecule has 0 saturated carbocycles. The van der Waals surface area contributed by atoms with E-state index in [-0.39, 0.29) is 37.0 Å². The van der Waals surface area contributed by atoms with Gasteiger partial charge in [-0.2, -0.15) is 0 Å². The maximum Gasteiger partial charge on any atom is 0.242 e. The summed E-state index contributed by atoms with van der Waals surface area (Å²) in [4.78, 5) is 30.4. The highest BCUT2D eigenvalue weighted by molar-refractivity contribution is 5.86. The molecule has 1 unspecified atom stereocenters. The highest BCUT2D eigenvalue weighted by atomic mass is 16.7. The number of rotatable bonds is 13. The number of amides is 2. The fourth-order valence-corrected chi connectivity index (χ4v) is 4.23. The fourth-order valence-electron chi connectivity index (χ4n) is 4.23. The lowest BCUT2D eigenvalue weighted by atomic mass is 9.97. The molecule has 1 aliphatic rings. The van der Waals surface area contributed by atoms with Gasteiger partial charge in [0.1, 0.15) is 5.76 Å². The van der Waals surface area contributed by atoms with Gasteiger partial charge in [0.25, 0.3) is 0 Å². The predicted octanol–water partition coefficient (Wildman–Crippen LogP) is 5.24. The molecule has 2 heterocycles. The van der Waals surface area contributed by atoms with Crippen LogP contribution in [0.25, 0.3) is 0 Å². The molecule has 7 heteroatoms. The third kappa shape index (κ3) is 7.02. The van der Waals surface area contributed by atoms with Gasteiger partial charge in [-0.3, -0.25) is 9.59 Å². The van der Waals surface area contributed by atoms with E-state index in [2.05, 4.69) is 27.7 Å². The number of carbonyl (C=O) groups is 2. The Morgan fingerprint density at radius 1 is 1.03 bits per heavy atom. The molecule has 34 heavy (non-hydrogen) atoms. The van der Waals surface area contributed by atoms with Crippen molar-refractivity contribution in [2.45, 2.75) is 66.5 Å². The number of nitrogens with zero attached hydrogens (tertiary/aromatic N) is 2. The molecule has 1 atom stereocenters. The molecule has 1 aromatic heterocycles. The molecular weight excluding hydrogens is 432 g/mol. The Bertz CT molecular complexity index is 925. The first-order chi connectivity index (χ1) is 16.4. The normalized spacial score (nSPS) is 13.2. The molecule has 1 aliphatic heterocycles. The molecule has 0 aliphatic carbocycles. The van der Waals surface area contributed by atoms with Crippen molar-refractivity contribution < 1.29 is 23.5 Å². The van der Waals surface area contributed by atoms with Crippen molar-refractivity contribution in [3.63, 3.8) is 0 Å². The highest BCUT2D eigenvalue weighted by Gasteiger charge is 2.27. The Morgan fingerprint density at radius 3 is 2.50 bits per heavy atom. The summed E-state index contributed by atoms with van der Waals surface area (Å²) in [5.41, 5.74) is 0.931. The van der Waals surface area contributed by atoms with E-state index in [9.17, 15) is 9.59 Å². The number of hydrogen-bond donors (Lipinski definition) is 0. The van der Waals surface area contributed by atoms with E-state index in [4.69, 9.17) is 13.9 Å². The Hall–Kier alpha value is -2.96. The van der Waals surface area contributed by atoms with E-state index in [1.54, 1.807) is 16.1 Å². The van der Waals surface area contributed by atoms with Crippen LogP contribution in [0, 0.1) is 11.8 Å². The summed E-state index contributed by atoms with van der Waals surface area (Å²) in [6.45, 7) is 9.87. The number of furan rings is 1. The first-order valence-corrected chi connectivity index (χ1v) is 12.4. The molecule has 2 aromatic rings. The molecule has 0 spiro atoms. The largest absolute Gasteiger partial charge is 0.467 e. The summed E-state index contributed by atoms with van der Waals surface area (Å²) >= 11 is 0. The minimum absolute atomic E-state index is 0.0427. The summed E-state index contributed by atoms with van der Waals surface area (Å²) < 4.78 is 16.4. The van der Waals surface area contributed by atoms with Crippen molar-refractivity contribution in [3.05, 3.63) is 47.9 Å². The topological polar surface area (TPSA) is 72.2 Å². The van der Waals surface area contributed by atoms with Gasteiger partial charge in [-0.05, 0) is 48.6 Å². The zero-order chi connectivity index (χ0) is 24.5. The number of carbonyl (C=O) groups excluding carboxylic acids is 2. The zero-order valence-corrected chi connectivity index (χ0v) is 20.9. The van der Waals surface area contributed by atoms with E-state index >= 15 is 0 Å². The van der Waals surface area contributed by atoms with Gasteiger partial charge in [0, 0.05) is 19.0 Å². The lowest BCUT2D eigenvalue weighted by Crippen LogP contribution is -2.46. The second-order valence-electron chi connectivity index (χ2n) is 9.38. The average Bonchev–Trinajstić information content (AvgIpc) is 3.49. The van der Waals surface area contributed by atoms with Crippen LogP contribution in [0.4, 0.5) is 0 Å². The van der Waals surface area contributed by atoms with E-state index in [1.807, 2.05) is 30.3 Å². The Kier molecular flexibility index (Phi) is 9.42. The van der Waals surface area contributed by atoms with Crippen molar-refractivity contribution in [2.75, 3.05) is 19.9 Å². The van der Waals surface area contributed by atoms with Crippen LogP contribution < -0.4 is 9.47 Å². The molecule has 2 amide bonds. The lowest BCUT2D eigenvalue weighted by molar-refractivity contribution is -0.144. The van der Waals surface area contributed by atoms with Crippen LogP contribution in [0.15, 0.2) is 41.0 Å². The van der Waals surface area contributed by atoms with Gasteiger partial charge in [0.15, 0.2) is 11.5 Å². The van der Waals surface area contributed by atoms with Gasteiger partial charge in [0.2, 0.25) is 18.6 Å². The van der Waals surface area contributed by atoms with E-state index in [0.717, 1.165) is 31.2 Å². The van der Waals surface area contributed by atoms with Crippen molar-refractivity contribution in [3.8, 4) is 11.5 Å². The van der Waals surface area contributed by atoms with Gasteiger partial charge >= 0.3 is 0 Å². The SMILES string of the molecule is CCCCC(CC)C(=O)N(CC(=O)N(Cc1ccc2c(c1)OCO2)Cc1ccco1)CC(C)C. The maximum atomic E-state index is 13.6. The second-order valence-corrected chi connectivity index (χ2v) is 9.38. The van der Waals surface area contributed by atoms with Crippen LogP contribution >= 0.6 is 0 Å². The fraction of sp³-hybridized carbons (Fsp3) is 0.556. The molecule has 3 rings (SSSR count). The molecule has 186 valence electrons. The molecule has 0 bridgehead atoms. The Morgan fingerprint density at radius 2 is 1.82 bits per heavy atom. The summed E-state index contributed by atoms with van der Waals surface area (Å²) in [5, 5.41) is 0. The Balaban J connectivity index is 1.77. The first-order valence-electron chi connectivity index (χ1n) is 12.4. The highest BCUT2D eigenvalue weighted by Crippen LogP contribution is 2.33. The van der Waals surface area contributed by atoms with Crippen LogP contribution in [0.2, 0.25) is 0 Å². The molecular formula is C27H38N2O5. The van der Waals surface area contributed by atoms with Crippen LogP contribution in [-0.2, 0) is 22.7 Å². The third-order valence-corrected chi connectivity index (χ3v) is 6.06. The van der Waals surface area contributed by atoms with Crippen LogP contribution in [0.1, 0.15) is 64.7 Å². The molecule has 0 N–H and O–H groups in total. The van der Waals surface area contributed by atoms with Crippen LogP contribution in [0.3, 0.4) is 0 Å². The minimum Gasteiger partial charge on any atom is -0.467 e. The monoisotopic (exact) mass is 470 g/mol.